The Bertz CT molecular complexity index is 845. The summed E-state index contributed by atoms with van der Waals surface area (Å²) < 4.78 is 6.79. The molecule has 0 saturated carbocycles. The first kappa shape index (κ1) is 24.9. The Morgan fingerprint density at radius 2 is 1.70 bits per heavy atom. The minimum Gasteiger partial charge on any atom is -1.00 e. The Morgan fingerprint density at radius 3 is 2.27 bits per heavy atom. The number of pyridine rings is 1. The lowest BCUT2D eigenvalue weighted by Gasteiger charge is -2.21. The first-order valence-electron chi connectivity index (χ1n) is 9.24. The second-order valence-corrected chi connectivity index (χ2v) is 6.83. The summed E-state index contributed by atoms with van der Waals surface area (Å²) in [7, 11) is 1.44. The van der Waals surface area contributed by atoms with Crippen molar-refractivity contribution in [1.82, 2.24) is 10.2 Å². The van der Waals surface area contributed by atoms with Crippen molar-refractivity contribution < 1.29 is 41.2 Å². The monoisotopic (exact) mass is 435 g/mol. The number of carbonyl (C=O) groups is 3. The number of amides is 2. The van der Waals surface area contributed by atoms with E-state index in [1.165, 1.54) is 14.0 Å². The number of hydrogen-bond acceptors (Lipinski definition) is 4. The van der Waals surface area contributed by atoms with Gasteiger partial charge in [-0.15, -0.1) is 0 Å². The maximum atomic E-state index is 12.3. The Labute approximate surface area is 181 Å². The molecule has 0 fully saturated rings. The molecule has 2 atom stereocenters. The zero-order valence-corrected chi connectivity index (χ0v) is 17.9. The summed E-state index contributed by atoms with van der Waals surface area (Å²) in [4.78, 5) is 36.4. The Morgan fingerprint density at radius 1 is 1.10 bits per heavy atom. The first-order valence-corrected chi connectivity index (χ1v) is 9.24. The van der Waals surface area contributed by atoms with E-state index in [4.69, 9.17) is 9.84 Å². The molecular formula is C21H26ClN3O5. The fraction of sp³-hybridized carbons (Fsp3) is 0.333. The SMILES string of the molecule is C[C@@H](Cc1ccccc1)NC(=O)OC[n+]1ccc(C(=O)N(C)[C@@H](C)C(=O)O)cc1.[Cl-]. The van der Waals surface area contributed by atoms with Gasteiger partial charge in [0.15, 0.2) is 12.4 Å². The minimum absolute atomic E-state index is 0. The molecule has 1 aromatic heterocycles. The molecule has 2 amide bonds. The van der Waals surface area contributed by atoms with Crippen LogP contribution in [-0.4, -0.2) is 47.1 Å². The predicted octanol–water partition coefficient (Wildman–Crippen LogP) is -1.16. The van der Waals surface area contributed by atoms with Crippen LogP contribution in [0.25, 0.3) is 0 Å². The molecule has 0 aliphatic rings. The number of aromatic nitrogens is 1. The van der Waals surface area contributed by atoms with Crippen molar-refractivity contribution in [3.8, 4) is 0 Å². The predicted molar refractivity (Wildman–Crippen MR) is 105 cm³/mol. The van der Waals surface area contributed by atoms with Crippen LogP contribution in [0, 0.1) is 0 Å². The van der Waals surface area contributed by atoms with Crippen molar-refractivity contribution in [3.63, 3.8) is 0 Å². The highest BCUT2D eigenvalue weighted by Crippen LogP contribution is 2.06. The number of likely N-dealkylation sites (N-methyl/N-ethyl adjacent to an activating group) is 1. The highest BCUT2D eigenvalue weighted by molar-refractivity contribution is 5.96. The Kier molecular flexibility index (Phi) is 9.77. The van der Waals surface area contributed by atoms with Crippen LogP contribution in [0.5, 0.6) is 0 Å². The molecule has 9 heteroatoms. The number of nitrogens with zero attached hydrogens (tertiary/aromatic N) is 2. The van der Waals surface area contributed by atoms with Gasteiger partial charge in [0.05, 0.1) is 5.56 Å². The number of ether oxygens (including phenoxy) is 1. The number of benzene rings is 1. The van der Waals surface area contributed by atoms with Gasteiger partial charge >= 0.3 is 12.1 Å². The fourth-order valence-electron chi connectivity index (χ4n) is 2.63. The molecular weight excluding hydrogens is 410 g/mol. The number of nitrogens with one attached hydrogen (secondary N) is 1. The van der Waals surface area contributed by atoms with Gasteiger partial charge in [-0.2, -0.15) is 4.57 Å². The van der Waals surface area contributed by atoms with E-state index in [2.05, 4.69) is 5.32 Å². The Hall–Kier alpha value is -3.13. The molecule has 0 aliphatic carbocycles. The van der Waals surface area contributed by atoms with Crippen LogP contribution in [0.3, 0.4) is 0 Å². The smallest absolute Gasteiger partial charge is 0.412 e. The fourth-order valence-corrected chi connectivity index (χ4v) is 2.63. The van der Waals surface area contributed by atoms with Crippen molar-refractivity contribution in [1.29, 1.82) is 0 Å². The molecule has 0 saturated heterocycles. The van der Waals surface area contributed by atoms with Gasteiger partial charge in [-0.3, -0.25) is 4.79 Å². The van der Waals surface area contributed by atoms with E-state index >= 15 is 0 Å². The lowest BCUT2D eigenvalue weighted by molar-refractivity contribution is -0.727. The lowest BCUT2D eigenvalue weighted by Crippen LogP contribution is -3.00. The van der Waals surface area contributed by atoms with Gasteiger partial charge in [0.1, 0.15) is 6.04 Å². The minimum atomic E-state index is -1.08. The molecule has 1 aromatic carbocycles. The van der Waals surface area contributed by atoms with E-state index in [1.807, 2.05) is 37.3 Å². The average molecular weight is 436 g/mol. The third-order valence-corrected chi connectivity index (χ3v) is 4.49. The third kappa shape index (κ3) is 7.36. The summed E-state index contributed by atoms with van der Waals surface area (Å²) in [5, 5.41) is 11.8. The van der Waals surface area contributed by atoms with Crippen LogP contribution in [0.15, 0.2) is 54.9 Å². The molecule has 2 rings (SSSR count). The van der Waals surface area contributed by atoms with E-state index in [0.717, 1.165) is 10.5 Å². The maximum Gasteiger partial charge on any atom is 0.412 e. The van der Waals surface area contributed by atoms with Crippen molar-refractivity contribution in [2.45, 2.75) is 39.1 Å². The number of halogens is 1. The van der Waals surface area contributed by atoms with Crippen LogP contribution in [-0.2, 0) is 22.7 Å². The van der Waals surface area contributed by atoms with Crippen molar-refractivity contribution in [2.24, 2.45) is 0 Å². The van der Waals surface area contributed by atoms with Gasteiger partial charge in [0, 0.05) is 25.2 Å². The molecule has 0 radical (unpaired) electrons. The van der Waals surface area contributed by atoms with Gasteiger partial charge < -0.3 is 32.5 Å². The van der Waals surface area contributed by atoms with Gasteiger partial charge in [-0.25, -0.2) is 9.59 Å². The number of hydrogen-bond donors (Lipinski definition) is 2. The van der Waals surface area contributed by atoms with Crippen molar-refractivity contribution in [3.05, 3.63) is 66.0 Å². The van der Waals surface area contributed by atoms with Crippen molar-refractivity contribution >= 4 is 18.0 Å². The number of carbonyl (C=O) groups excluding carboxylic acids is 2. The van der Waals surface area contributed by atoms with Gasteiger partial charge in [-0.05, 0) is 25.8 Å². The number of rotatable bonds is 8. The van der Waals surface area contributed by atoms with Crippen LogP contribution in [0.4, 0.5) is 4.79 Å². The van der Waals surface area contributed by atoms with Crippen LogP contribution in [0.1, 0.15) is 29.8 Å². The van der Waals surface area contributed by atoms with Gasteiger partial charge in [0.25, 0.3) is 12.6 Å². The molecule has 2 aromatic rings. The second-order valence-electron chi connectivity index (χ2n) is 6.83. The number of aliphatic carboxylic acids is 1. The molecule has 0 bridgehead atoms. The molecule has 2 N–H and O–H groups in total. The van der Waals surface area contributed by atoms with Crippen LogP contribution in [0.2, 0.25) is 0 Å². The van der Waals surface area contributed by atoms with E-state index in [9.17, 15) is 14.4 Å². The molecule has 162 valence electrons. The highest BCUT2D eigenvalue weighted by atomic mass is 35.5. The van der Waals surface area contributed by atoms with Crippen LogP contribution < -0.4 is 22.3 Å². The zero-order chi connectivity index (χ0) is 21.4. The maximum absolute atomic E-state index is 12.3. The standard InChI is InChI=1S/C21H25N3O5.ClH/c1-15(13-17-7-5-4-6-8-17)22-21(28)29-14-24-11-9-18(10-12-24)19(25)23(3)16(2)20(26)27;/h4-12,15-16H,13-14H2,1-3H3,(H-,22,26,27,28);1H/t15-,16-;/m0./s1. The van der Waals surface area contributed by atoms with E-state index < -0.39 is 24.0 Å². The molecule has 0 spiro atoms. The zero-order valence-electron chi connectivity index (χ0n) is 17.1. The molecule has 0 aliphatic heterocycles. The summed E-state index contributed by atoms with van der Waals surface area (Å²) in [6.07, 6.45) is 3.35. The highest BCUT2D eigenvalue weighted by Gasteiger charge is 2.23. The number of carboxylic acids is 1. The molecule has 0 unspecified atom stereocenters. The number of carboxylic acid groups (broad SMARTS) is 1. The van der Waals surface area contributed by atoms with Crippen molar-refractivity contribution in [2.75, 3.05) is 7.05 Å². The van der Waals surface area contributed by atoms with E-state index in [1.54, 1.807) is 29.1 Å². The van der Waals surface area contributed by atoms with E-state index in [0.29, 0.717) is 12.0 Å². The summed E-state index contributed by atoms with van der Waals surface area (Å²) in [5.41, 5.74) is 1.47. The van der Waals surface area contributed by atoms with Gasteiger partial charge in [-0.1, -0.05) is 30.3 Å². The molecule has 30 heavy (non-hydrogen) atoms. The largest absolute Gasteiger partial charge is 1.00 e. The topological polar surface area (TPSA) is 99.8 Å². The quantitative estimate of drug-likeness (QED) is 0.509. The van der Waals surface area contributed by atoms with Gasteiger partial charge in [0.2, 0.25) is 0 Å². The summed E-state index contributed by atoms with van der Waals surface area (Å²) in [6.45, 7) is 3.32. The summed E-state index contributed by atoms with van der Waals surface area (Å²) in [5.74, 6) is -1.48. The molecule has 8 nitrogen and oxygen atoms in total. The van der Waals surface area contributed by atoms with Crippen LogP contribution >= 0.6 is 0 Å². The summed E-state index contributed by atoms with van der Waals surface area (Å²) in [6, 6.07) is 11.9. The molecule has 1 heterocycles. The first-order chi connectivity index (χ1) is 13.8. The average Bonchev–Trinajstić information content (AvgIpc) is 2.71. The second kappa shape index (κ2) is 11.8. The normalized spacial score (nSPS) is 12.1. The third-order valence-electron chi connectivity index (χ3n) is 4.49. The summed E-state index contributed by atoms with van der Waals surface area (Å²) >= 11 is 0. The Balaban J connectivity index is 0.00000450. The number of alkyl carbamates (subject to hydrolysis) is 1. The van der Waals surface area contributed by atoms with E-state index in [-0.39, 0.29) is 25.2 Å². The lowest BCUT2D eigenvalue weighted by atomic mass is 10.1.